The number of carbonyl (C=O) groups is 1. The topological polar surface area (TPSA) is 54.0 Å². The highest BCUT2D eigenvalue weighted by atomic mass is 16.5. The largest absolute Gasteiger partial charge is 0.488 e. The first-order valence-corrected chi connectivity index (χ1v) is 10.9. The van der Waals surface area contributed by atoms with Crippen molar-refractivity contribution in [2.24, 2.45) is 0 Å². The Kier molecular flexibility index (Phi) is 6.70. The second-order valence-electron chi connectivity index (χ2n) is 8.21. The summed E-state index contributed by atoms with van der Waals surface area (Å²) in [7, 11) is 0. The molecular formula is C22H33N3O3. The van der Waals surface area contributed by atoms with Gasteiger partial charge in [0.25, 0.3) is 0 Å². The zero-order valence-electron chi connectivity index (χ0n) is 16.8. The van der Waals surface area contributed by atoms with Gasteiger partial charge in [-0.05, 0) is 57.1 Å². The number of morpholine rings is 1. The van der Waals surface area contributed by atoms with Gasteiger partial charge in [0.15, 0.2) is 0 Å². The molecule has 1 aromatic carbocycles. The van der Waals surface area contributed by atoms with E-state index in [4.69, 9.17) is 9.47 Å². The molecule has 0 bridgehead atoms. The molecule has 2 heterocycles. The van der Waals surface area contributed by atoms with Crippen molar-refractivity contribution in [3.8, 4) is 5.75 Å². The molecule has 28 heavy (non-hydrogen) atoms. The molecule has 3 aliphatic rings. The van der Waals surface area contributed by atoms with Crippen molar-refractivity contribution < 1.29 is 14.3 Å². The standard InChI is InChI=1S/C22H33N3O3/c26-22(23-20-10-3-4-11-21(20)28-19-8-1-2-9-19)25-12-6-5-7-18(25)17-24-13-15-27-16-14-24/h3-4,10-11,18-19H,1-2,5-9,12-17H2,(H,23,26). The van der Waals surface area contributed by atoms with Crippen LogP contribution in [0.3, 0.4) is 0 Å². The summed E-state index contributed by atoms with van der Waals surface area (Å²) in [6.07, 6.45) is 8.30. The maximum Gasteiger partial charge on any atom is 0.322 e. The zero-order chi connectivity index (χ0) is 19.2. The molecule has 3 fully saturated rings. The van der Waals surface area contributed by atoms with Crippen molar-refractivity contribution in [1.82, 2.24) is 9.80 Å². The SMILES string of the molecule is O=C(Nc1ccccc1OC1CCCC1)N1CCCCC1CN1CCOCC1. The average Bonchev–Trinajstić information content (AvgIpc) is 3.24. The van der Waals surface area contributed by atoms with Crippen molar-refractivity contribution in [2.45, 2.75) is 57.1 Å². The summed E-state index contributed by atoms with van der Waals surface area (Å²) in [6, 6.07) is 8.12. The molecule has 1 N–H and O–H groups in total. The van der Waals surface area contributed by atoms with E-state index in [-0.39, 0.29) is 18.2 Å². The van der Waals surface area contributed by atoms with E-state index < -0.39 is 0 Å². The van der Waals surface area contributed by atoms with Crippen molar-refractivity contribution in [2.75, 3.05) is 44.7 Å². The second kappa shape index (κ2) is 9.61. The zero-order valence-corrected chi connectivity index (χ0v) is 16.8. The van der Waals surface area contributed by atoms with Crippen LogP contribution in [0.1, 0.15) is 44.9 Å². The van der Waals surface area contributed by atoms with Crippen LogP contribution < -0.4 is 10.1 Å². The lowest BCUT2D eigenvalue weighted by molar-refractivity contribution is 0.0229. The molecule has 0 radical (unpaired) electrons. The molecule has 0 spiro atoms. The van der Waals surface area contributed by atoms with Gasteiger partial charge in [-0.3, -0.25) is 4.90 Å². The summed E-state index contributed by atoms with van der Waals surface area (Å²) in [5, 5.41) is 3.14. The Labute approximate surface area is 168 Å². The van der Waals surface area contributed by atoms with Gasteiger partial charge in [-0.1, -0.05) is 12.1 Å². The second-order valence-corrected chi connectivity index (χ2v) is 8.21. The highest BCUT2D eigenvalue weighted by Gasteiger charge is 2.29. The summed E-state index contributed by atoms with van der Waals surface area (Å²) in [5.74, 6) is 0.796. The predicted octanol–water partition coefficient (Wildman–Crippen LogP) is 3.73. The molecule has 154 valence electrons. The molecule has 4 rings (SSSR count). The van der Waals surface area contributed by atoms with Crippen molar-refractivity contribution in [3.05, 3.63) is 24.3 Å². The fourth-order valence-corrected chi connectivity index (χ4v) is 4.58. The van der Waals surface area contributed by atoms with Gasteiger partial charge in [-0.25, -0.2) is 4.79 Å². The van der Waals surface area contributed by atoms with E-state index in [9.17, 15) is 4.79 Å². The van der Waals surface area contributed by atoms with Gasteiger partial charge in [0.2, 0.25) is 0 Å². The highest BCUT2D eigenvalue weighted by molar-refractivity contribution is 5.91. The molecule has 6 nitrogen and oxygen atoms in total. The van der Waals surface area contributed by atoms with Gasteiger partial charge in [-0.2, -0.15) is 0 Å². The molecule has 1 unspecified atom stereocenters. The number of nitrogens with one attached hydrogen (secondary N) is 1. The van der Waals surface area contributed by atoms with Gasteiger partial charge >= 0.3 is 6.03 Å². The predicted molar refractivity (Wildman–Crippen MR) is 110 cm³/mol. The van der Waals surface area contributed by atoms with Crippen LogP contribution in [-0.2, 0) is 4.74 Å². The molecular weight excluding hydrogens is 354 g/mol. The molecule has 1 saturated carbocycles. The normalized spacial score (nSPS) is 24.3. The van der Waals surface area contributed by atoms with Crippen LogP contribution in [0, 0.1) is 0 Å². The number of hydrogen-bond donors (Lipinski definition) is 1. The number of amides is 2. The number of para-hydroxylation sites is 2. The molecule has 1 atom stereocenters. The van der Waals surface area contributed by atoms with Crippen LogP contribution in [0.15, 0.2) is 24.3 Å². The van der Waals surface area contributed by atoms with E-state index >= 15 is 0 Å². The molecule has 6 heteroatoms. The Morgan fingerprint density at radius 1 is 1.04 bits per heavy atom. The summed E-state index contributed by atoms with van der Waals surface area (Å²) >= 11 is 0. The quantitative estimate of drug-likeness (QED) is 0.837. The van der Waals surface area contributed by atoms with Gasteiger partial charge in [0.1, 0.15) is 5.75 Å². The minimum absolute atomic E-state index is 0.000399. The van der Waals surface area contributed by atoms with Crippen LogP contribution >= 0.6 is 0 Å². The number of ether oxygens (including phenoxy) is 2. The van der Waals surface area contributed by atoms with Crippen LogP contribution in [0.25, 0.3) is 0 Å². The Balaban J connectivity index is 1.40. The van der Waals surface area contributed by atoms with Crippen LogP contribution in [0.4, 0.5) is 10.5 Å². The highest BCUT2D eigenvalue weighted by Crippen LogP contribution is 2.30. The van der Waals surface area contributed by atoms with Gasteiger partial charge in [0, 0.05) is 32.2 Å². The number of anilines is 1. The van der Waals surface area contributed by atoms with Crippen LogP contribution in [0.2, 0.25) is 0 Å². The summed E-state index contributed by atoms with van der Waals surface area (Å²) in [4.78, 5) is 17.6. The minimum Gasteiger partial charge on any atom is -0.488 e. The lowest BCUT2D eigenvalue weighted by Crippen LogP contribution is -2.52. The number of rotatable bonds is 5. The third-order valence-electron chi connectivity index (χ3n) is 6.19. The van der Waals surface area contributed by atoms with E-state index in [2.05, 4.69) is 10.2 Å². The first kappa shape index (κ1) is 19.5. The fourth-order valence-electron chi connectivity index (χ4n) is 4.58. The number of piperidine rings is 1. The van der Waals surface area contributed by atoms with E-state index in [1.54, 1.807) is 0 Å². The molecule has 1 aromatic rings. The van der Waals surface area contributed by atoms with Crippen LogP contribution in [0.5, 0.6) is 5.75 Å². The Hall–Kier alpha value is -1.79. The van der Waals surface area contributed by atoms with Crippen molar-refractivity contribution in [1.29, 1.82) is 0 Å². The maximum atomic E-state index is 13.1. The lowest BCUT2D eigenvalue weighted by Gasteiger charge is -2.39. The summed E-state index contributed by atoms with van der Waals surface area (Å²) in [5.41, 5.74) is 0.787. The first-order valence-electron chi connectivity index (χ1n) is 10.9. The Morgan fingerprint density at radius 3 is 2.61 bits per heavy atom. The number of urea groups is 1. The van der Waals surface area contributed by atoms with Crippen molar-refractivity contribution >= 4 is 11.7 Å². The minimum atomic E-state index is 0.000399. The first-order chi connectivity index (χ1) is 13.8. The maximum absolute atomic E-state index is 13.1. The summed E-state index contributed by atoms with van der Waals surface area (Å²) < 4.78 is 11.6. The number of hydrogen-bond acceptors (Lipinski definition) is 4. The molecule has 2 aliphatic heterocycles. The third-order valence-corrected chi connectivity index (χ3v) is 6.19. The molecule has 2 amide bonds. The van der Waals surface area contributed by atoms with Gasteiger partial charge in [0.05, 0.1) is 25.0 Å². The van der Waals surface area contributed by atoms with Crippen LogP contribution in [-0.4, -0.2) is 67.4 Å². The van der Waals surface area contributed by atoms with E-state index in [0.717, 1.165) is 76.5 Å². The summed E-state index contributed by atoms with van der Waals surface area (Å²) in [6.45, 7) is 5.28. The third kappa shape index (κ3) is 4.97. The van der Waals surface area contributed by atoms with Gasteiger partial charge in [-0.15, -0.1) is 0 Å². The number of carbonyl (C=O) groups excluding carboxylic acids is 1. The van der Waals surface area contributed by atoms with Crippen molar-refractivity contribution in [3.63, 3.8) is 0 Å². The lowest BCUT2D eigenvalue weighted by atomic mass is 10.0. The van der Waals surface area contributed by atoms with Gasteiger partial charge < -0.3 is 19.7 Å². The molecule has 2 saturated heterocycles. The Morgan fingerprint density at radius 2 is 1.79 bits per heavy atom. The van der Waals surface area contributed by atoms with E-state index in [1.807, 2.05) is 29.2 Å². The average molecular weight is 388 g/mol. The number of likely N-dealkylation sites (tertiary alicyclic amines) is 1. The Bertz CT molecular complexity index is 642. The monoisotopic (exact) mass is 387 g/mol. The fraction of sp³-hybridized carbons (Fsp3) is 0.682. The smallest absolute Gasteiger partial charge is 0.322 e. The molecule has 0 aromatic heterocycles. The van der Waals surface area contributed by atoms with E-state index in [0.29, 0.717) is 0 Å². The number of benzene rings is 1. The molecule has 1 aliphatic carbocycles. The van der Waals surface area contributed by atoms with E-state index in [1.165, 1.54) is 19.3 Å². The number of nitrogens with zero attached hydrogens (tertiary/aromatic N) is 2.